The molecule has 0 radical (unpaired) electrons. The molecule has 0 aliphatic heterocycles. The molecule has 4 nitrogen and oxygen atoms in total. The van der Waals surface area contributed by atoms with Gasteiger partial charge < -0.3 is 16.4 Å². The van der Waals surface area contributed by atoms with E-state index in [2.05, 4.69) is 22.9 Å². The minimum Gasteiger partial charge on any atom is -0.389 e. The standard InChI is InChI=1S/C13H15F2N3OS/c1-6(13(19)18-8-2-3-8)17-11-9(14)4-7(12(16)20)5-10(11)15/h4-6,8,17H,2-3H2,1H3,(H2,16,20)(H,18,19). The molecule has 1 aromatic rings. The van der Waals surface area contributed by atoms with Crippen LogP contribution < -0.4 is 16.4 Å². The van der Waals surface area contributed by atoms with Crippen molar-refractivity contribution >= 4 is 28.8 Å². The van der Waals surface area contributed by atoms with Crippen molar-refractivity contribution in [3.63, 3.8) is 0 Å². The van der Waals surface area contributed by atoms with Gasteiger partial charge in [0, 0.05) is 11.6 Å². The maximum Gasteiger partial charge on any atom is 0.242 e. The fraction of sp³-hybridized carbons (Fsp3) is 0.385. The molecular formula is C13H15F2N3OS. The highest BCUT2D eigenvalue weighted by Gasteiger charge is 2.26. The van der Waals surface area contributed by atoms with Gasteiger partial charge in [-0.2, -0.15) is 0 Å². The summed E-state index contributed by atoms with van der Waals surface area (Å²) in [6.45, 7) is 1.54. The van der Waals surface area contributed by atoms with Crippen molar-refractivity contribution in [3.05, 3.63) is 29.3 Å². The smallest absolute Gasteiger partial charge is 0.242 e. The predicted molar refractivity (Wildman–Crippen MR) is 76.5 cm³/mol. The van der Waals surface area contributed by atoms with Gasteiger partial charge in [-0.3, -0.25) is 4.79 Å². The van der Waals surface area contributed by atoms with E-state index in [4.69, 9.17) is 5.73 Å². The van der Waals surface area contributed by atoms with Crippen molar-refractivity contribution in [2.45, 2.75) is 31.8 Å². The molecule has 20 heavy (non-hydrogen) atoms. The van der Waals surface area contributed by atoms with Gasteiger partial charge in [0.15, 0.2) is 0 Å². The molecule has 1 aliphatic rings. The summed E-state index contributed by atoms with van der Waals surface area (Å²) < 4.78 is 27.6. The van der Waals surface area contributed by atoms with Crippen LogP contribution >= 0.6 is 12.2 Å². The van der Waals surface area contributed by atoms with Crippen LogP contribution in [0.15, 0.2) is 12.1 Å². The number of carbonyl (C=O) groups excluding carboxylic acids is 1. The Labute approximate surface area is 120 Å². The lowest BCUT2D eigenvalue weighted by Crippen LogP contribution is -2.39. The van der Waals surface area contributed by atoms with E-state index in [0.717, 1.165) is 25.0 Å². The topological polar surface area (TPSA) is 67.1 Å². The number of thiocarbonyl (C=S) groups is 1. The number of nitrogens with two attached hydrogens (primary N) is 1. The van der Waals surface area contributed by atoms with Crippen LogP contribution in [0.4, 0.5) is 14.5 Å². The zero-order valence-electron chi connectivity index (χ0n) is 10.9. The monoisotopic (exact) mass is 299 g/mol. The van der Waals surface area contributed by atoms with Crippen molar-refractivity contribution in [1.29, 1.82) is 0 Å². The molecule has 1 aliphatic carbocycles. The molecule has 0 bridgehead atoms. The maximum atomic E-state index is 13.8. The summed E-state index contributed by atoms with van der Waals surface area (Å²) in [4.78, 5) is 11.6. The molecular weight excluding hydrogens is 284 g/mol. The van der Waals surface area contributed by atoms with E-state index in [9.17, 15) is 13.6 Å². The molecule has 2 rings (SSSR count). The molecule has 1 unspecified atom stereocenters. The number of benzene rings is 1. The molecule has 1 aromatic carbocycles. The fourth-order valence-corrected chi connectivity index (χ4v) is 1.81. The van der Waals surface area contributed by atoms with Crippen molar-refractivity contribution in [1.82, 2.24) is 5.32 Å². The Morgan fingerprint density at radius 2 is 1.95 bits per heavy atom. The highest BCUT2D eigenvalue weighted by Crippen LogP contribution is 2.22. The van der Waals surface area contributed by atoms with Crippen LogP contribution in [0.2, 0.25) is 0 Å². The first-order valence-electron chi connectivity index (χ1n) is 6.24. The third-order valence-corrected chi connectivity index (χ3v) is 3.24. The van der Waals surface area contributed by atoms with Gasteiger partial charge in [-0.15, -0.1) is 0 Å². The Bertz CT molecular complexity index is 538. The van der Waals surface area contributed by atoms with E-state index in [-0.39, 0.29) is 28.2 Å². The van der Waals surface area contributed by atoms with E-state index in [1.165, 1.54) is 6.92 Å². The van der Waals surface area contributed by atoms with Gasteiger partial charge in [-0.05, 0) is 31.9 Å². The summed E-state index contributed by atoms with van der Waals surface area (Å²) >= 11 is 4.67. The molecule has 1 amide bonds. The Kier molecular flexibility index (Phi) is 4.17. The number of carbonyl (C=O) groups is 1. The number of anilines is 1. The normalized spacial score (nSPS) is 15.6. The van der Waals surface area contributed by atoms with E-state index in [1.807, 2.05) is 0 Å². The number of rotatable bonds is 5. The van der Waals surface area contributed by atoms with Crippen molar-refractivity contribution in [3.8, 4) is 0 Å². The summed E-state index contributed by atoms with van der Waals surface area (Å²) in [5.41, 5.74) is 5.08. The molecule has 1 atom stereocenters. The first-order valence-corrected chi connectivity index (χ1v) is 6.65. The number of nitrogens with one attached hydrogen (secondary N) is 2. The third-order valence-electron chi connectivity index (χ3n) is 3.00. The fourth-order valence-electron chi connectivity index (χ4n) is 1.69. The zero-order valence-corrected chi connectivity index (χ0v) is 11.7. The molecule has 0 heterocycles. The number of hydrogen-bond acceptors (Lipinski definition) is 3. The molecule has 1 saturated carbocycles. The molecule has 0 saturated heterocycles. The second-order valence-corrected chi connectivity index (χ2v) is 5.27. The molecule has 4 N–H and O–H groups in total. The predicted octanol–water partition coefficient (Wildman–Crippen LogP) is 1.68. The van der Waals surface area contributed by atoms with Crippen LogP contribution in [0.1, 0.15) is 25.3 Å². The van der Waals surface area contributed by atoms with Gasteiger partial charge in [0.05, 0.1) is 0 Å². The maximum absolute atomic E-state index is 13.8. The Morgan fingerprint density at radius 1 is 1.40 bits per heavy atom. The first-order chi connectivity index (χ1) is 9.38. The minimum atomic E-state index is -0.834. The average molecular weight is 299 g/mol. The van der Waals surface area contributed by atoms with Crippen LogP contribution in [0.5, 0.6) is 0 Å². The quantitative estimate of drug-likeness (QED) is 0.724. The van der Waals surface area contributed by atoms with Gasteiger partial charge in [-0.1, -0.05) is 12.2 Å². The van der Waals surface area contributed by atoms with Crippen molar-refractivity contribution < 1.29 is 13.6 Å². The summed E-state index contributed by atoms with van der Waals surface area (Å²) in [6.07, 6.45) is 1.90. The van der Waals surface area contributed by atoms with Crippen LogP contribution in [-0.4, -0.2) is 23.0 Å². The molecule has 0 spiro atoms. The zero-order chi connectivity index (χ0) is 14.9. The summed E-state index contributed by atoms with van der Waals surface area (Å²) in [5, 5.41) is 5.29. The molecule has 7 heteroatoms. The van der Waals surface area contributed by atoms with Crippen LogP contribution in [0.25, 0.3) is 0 Å². The summed E-state index contributed by atoms with van der Waals surface area (Å²) in [6, 6.07) is 1.53. The lowest BCUT2D eigenvalue weighted by molar-refractivity contribution is -0.121. The largest absolute Gasteiger partial charge is 0.389 e. The van der Waals surface area contributed by atoms with Crippen molar-refractivity contribution in [2.75, 3.05) is 5.32 Å². The summed E-state index contributed by atoms with van der Waals surface area (Å²) in [5.74, 6) is -1.96. The lowest BCUT2D eigenvalue weighted by atomic mass is 10.1. The average Bonchev–Trinajstić information content (AvgIpc) is 3.16. The van der Waals surface area contributed by atoms with E-state index >= 15 is 0 Å². The van der Waals surface area contributed by atoms with Crippen LogP contribution in [0.3, 0.4) is 0 Å². The molecule has 0 aromatic heterocycles. The number of halogens is 2. The third kappa shape index (κ3) is 3.41. The number of amides is 1. The second-order valence-electron chi connectivity index (χ2n) is 4.83. The van der Waals surface area contributed by atoms with E-state index < -0.39 is 17.7 Å². The highest BCUT2D eigenvalue weighted by molar-refractivity contribution is 7.80. The van der Waals surface area contributed by atoms with Gasteiger partial charge in [0.1, 0.15) is 28.4 Å². The Balaban J connectivity index is 2.11. The highest BCUT2D eigenvalue weighted by atomic mass is 32.1. The van der Waals surface area contributed by atoms with E-state index in [0.29, 0.717) is 0 Å². The van der Waals surface area contributed by atoms with Gasteiger partial charge in [0.25, 0.3) is 0 Å². The van der Waals surface area contributed by atoms with Gasteiger partial charge in [-0.25, -0.2) is 8.78 Å². The van der Waals surface area contributed by atoms with E-state index in [1.54, 1.807) is 0 Å². The SMILES string of the molecule is CC(Nc1c(F)cc(C(N)=S)cc1F)C(=O)NC1CC1. The molecule has 108 valence electrons. The first kappa shape index (κ1) is 14.6. The molecule has 1 fully saturated rings. The Morgan fingerprint density at radius 3 is 2.40 bits per heavy atom. The Hall–Kier alpha value is -1.76. The van der Waals surface area contributed by atoms with Crippen LogP contribution in [0, 0.1) is 11.6 Å². The minimum absolute atomic E-state index is 0.0890. The van der Waals surface area contributed by atoms with Crippen LogP contribution in [-0.2, 0) is 4.79 Å². The second kappa shape index (κ2) is 5.70. The van der Waals surface area contributed by atoms with Crippen molar-refractivity contribution in [2.24, 2.45) is 5.73 Å². The van der Waals surface area contributed by atoms with Gasteiger partial charge >= 0.3 is 0 Å². The van der Waals surface area contributed by atoms with Gasteiger partial charge in [0.2, 0.25) is 5.91 Å². The lowest BCUT2D eigenvalue weighted by Gasteiger charge is -2.16. The summed E-state index contributed by atoms with van der Waals surface area (Å²) in [7, 11) is 0. The number of hydrogen-bond donors (Lipinski definition) is 3.